The summed E-state index contributed by atoms with van der Waals surface area (Å²) in [6.45, 7) is 6.44. The maximum atomic E-state index is 12.9. The topological polar surface area (TPSA) is 78.9 Å². The van der Waals surface area contributed by atoms with Gasteiger partial charge in [-0.05, 0) is 135 Å². The fourth-order valence-electron chi connectivity index (χ4n) is 7.92. The van der Waals surface area contributed by atoms with Crippen molar-refractivity contribution in [3.8, 4) is 0 Å². The molecule has 0 amide bonds. The van der Waals surface area contributed by atoms with Crippen LogP contribution < -0.4 is 0 Å². The van der Waals surface area contributed by atoms with E-state index in [1.54, 1.807) is 0 Å². The van der Waals surface area contributed by atoms with E-state index in [2.05, 4.69) is 142 Å². The van der Waals surface area contributed by atoms with Gasteiger partial charge in [-0.2, -0.15) is 0 Å². The standard InChI is InChI=1S/C67H110O6/c1-4-7-10-13-16-19-22-25-27-29-30-31-32-33-34-35-36-38-39-42-45-48-51-54-57-60-66(69)72-63-64(62-71-65(68)59-56-53-50-47-44-41-24-21-18-15-12-9-6-3)73-67(70)61-58-55-52-49-46-43-40-37-28-26-23-20-17-14-11-8-5-2/h7,10,16-17,19-21,24-28,30-31,33-34,36,38,42,45,64H,4-6,8-9,11-15,18,22-23,29,32,35,37,39-41,43-44,46-63H2,1-3H3/b10-7-,19-16-,20-17-,24-21-,27-25-,28-26-,31-30-,34-33-,38-36-,45-42-. The predicted octanol–water partition coefficient (Wildman–Crippen LogP) is 20.4. The van der Waals surface area contributed by atoms with Crippen LogP contribution in [0, 0.1) is 0 Å². The summed E-state index contributed by atoms with van der Waals surface area (Å²) in [4.78, 5) is 38.2. The van der Waals surface area contributed by atoms with E-state index in [9.17, 15) is 14.4 Å². The van der Waals surface area contributed by atoms with E-state index in [1.165, 1.54) is 89.9 Å². The number of carbonyl (C=O) groups excluding carboxylic acids is 3. The van der Waals surface area contributed by atoms with Gasteiger partial charge in [0.05, 0.1) is 0 Å². The first-order chi connectivity index (χ1) is 36.0. The highest BCUT2D eigenvalue weighted by Crippen LogP contribution is 2.14. The van der Waals surface area contributed by atoms with Crippen LogP contribution >= 0.6 is 0 Å². The van der Waals surface area contributed by atoms with Crippen LogP contribution in [0.3, 0.4) is 0 Å². The van der Waals surface area contributed by atoms with Crippen molar-refractivity contribution in [2.45, 2.75) is 271 Å². The molecule has 0 heterocycles. The van der Waals surface area contributed by atoms with Crippen LogP contribution in [0.2, 0.25) is 0 Å². The fraction of sp³-hybridized carbons (Fsp3) is 0.657. The predicted molar refractivity (Wildman–Crippen MR) is 316 cm³/mol. The highest BCUT2D eigenvalue weighted by Gasteiger charge is 2.19. The third-order valence-electron chi connectivity index (χ3n) is 12.4. The molecule has 6 heteroatoms. The molecule has 6 nitrogen and oxygen atoms in total. The van der Waals surface area contributed by atoms with Gasteiger partial charge in [-0.25, -0.2) is 0 Å². The molecule has 1 atom stereocenters. The van der Waals surface area contributed by atoms with Gasteiger partial charge in [-0.3, -0.25) is 14.4 Å². The Morgan fingerprint density at radius 2 is 0.534 bits per heavy atom. The summed E-state index contributed by atoms with van der Waals surface area (Å²) >= 11 is 0. The zero-order valence-electron chi connectivity index (χ0n) is 47.4. The highest BCUT2D eigenvalue weighted by atomic mass is 16.6. The lowest BCUT2D eigenvalue weighted by atomic mass is 10.1. The first kappa shape index (κ1) is 68.8. The molecule has 0 saturated heterocycles. The molecule has 0 radical (unpaired) electrons. The van der Waals surface area contributed by atoms with Crippen LogP contribution in [-0.4, -0.2) is 37.2 Å². The molecule has 0 rings (SSSR count). The summed E-state index contributed by atoms with van der Waals surface area (Å²) in [5.74, 6) is -0.949. The Kier molecular flexibility index (Phi) is 56.9. The van der Waals surface area contributed by atoms with Gasteiger partial charge in [0.15, 0.2) is 6.10 Å². The Morgan fingerprint density at radius 3 is 0.890 bits per heavy atom. The summed E-state index contributed by atoms with van der Waals surface area (Å²) in [6, 6.07) is 0. The molecule has 0 fully saturated rings. The highest BCUT2D eigenvalue weighted by molar-refractivity contribution is 5.71. The maximum absolute atomic E-state index is 12.9. The van der Waals surface area contributed by atoms with Crippen molar-refractivity contribution < 1.29 is 28.6 Å². The minimum absolute atomic E-state index is 0.0987. The van der Waals surface area contributed by atoms with E-state index in [4.69, 9.17) is 14.2 Å². The number of hydrogen-bond acceptors (Lipinski definition) is 6. The number of allylic oxidation sites excluding steroid dienone is 20. The van der Waals surface area contributed by atoms with E-state index < -0.39 is 6.10 Å². The van der Waals surface area contributed by atoms with Crippen molar-refractivity contribution in [2.24, 2.45) is 0 Å². The van der Waals surface area contributed by atoms with Crippen LogP contribution in [0.25, 0.3) is 0 Å². The van der Waals surface area contributed by atoms with Crippen molar-refractivity contribution in [3.63, 3.8) is 0 Å². The van der Waals surface area contributed by atoms with Crippen LogP contribution in [-0.2, 0) is 28.6 Å². The molecule has 0 bridgehead atoms. The monoisotopic (exact) mass is 1010 g/mol. The lowest BCUT2D eigenvalue weighted by Gasteiger charge is -2.18. The molecule has 0 aromatic rings. The van der Waals surface area contributed by atoms with Crippen LogP contribution in [0.4, 0.5) is 0 Å². The SMILES string of the molecule is CC/C=C\C/C=C\C/C=C\C/C=C\C/C=C\C/C=C\C/C=C\CCCCCC(=O)OCC(COC(=O)CCCCCCC/C=C\CCCCCC)OC(=O)CCCCCCCCC/C=C\C/C=C\CCCCC. The molecule has 0 aromatic heterocycles. The second-order valence-corrected chi connectivity index (χ2v) is 19.5. The first-order valence-corrected chi connectivity index (χ1v) is 30.0. The van der Waals surface area contributed by atoms with Crippen molar-refractivity contribution >= 4 is 17.9 Å². The molecule has 0 aliphatic heterocycles. The van der Waals surface area contributed by atoms with E-state index in [-0.39, 0.29) is 31.1 Å². The molecule has 1 unspecified atom stereocenters. The van der Waals surface area contributed by atoms with E-state index in [1.807, 2.05) is 0 Å². The Labute approximate surface area is 450 Å². The Balaban J connectivity index is 4.45. The Hall–Kier alpha value is -4.19. The van der Waals surface area contributed by atoms with Gasteiger partial charge in [0, 0.05) is 19.3 Å². The van der Waals surface area contributed by atoms with E-state index >= 15 is 0 Å². The van der Waals surface area contributed by atoms with Gasteiger partial charge >= 0.3 is 17.9 Å². The van der Waals surface area contributed by atoms with Crippen LogP contribution in [0.1, 0.15) is 265 Å². The largest absolute Gasteiger partial charge is 0.462 e. The number of rotatable bonds is 53. The minimum atomic E-state index is -0.803. The third kappa shape index (κ3) is 58.6. The minimum Gasteiger partial charge on any atom is -0.462 e. The van der Waals surface area contributed by atoms with Crippen molar-refractivity contribution in [1.82, 2.24) is 0 Å². The zero-order chi connectivity index (χ0) is 52.9. The second-order valence-electron chi connectivity index (χ2n) is 19.5. The van der Waals surface area contributed by atoms with Crippen LogP contribution in [0.5, 0.6) is 0 Å². The van der Waals surface area contributed by atoms with E-state index in [0.29, 0.717) is 19.3 Å². The van der Waals surface area contributed by atoms with Gasteiger partial charge in [0.1, 0.15) is 13.2 Å². The van der Waals surface area contributed by atoms with Crippen molar-refractivity contribution in [2.75, 3.05) is 13.2 Å². The van der Waals surface area contributed by atoms with Gasteiger partial charge in [-0.15, -0.1) is 0 Å². The molecule has 0 spiro atoms. The van der Waals surface area contributed by atoms with E-state index in [0.717, 1.165) is 135 Å². The molecule has 0 aliphatic carbocycles. The lowest BCUT2D eigenvalue weighted by molar-refractivity contribution is -0.167. The molecule has 0 saturated carbocycles. The van der Waals surface area contributed by atoms with Gasteiger partial charge in [0.25, 0.3) is 0 Å². The van der Waals surface area contributed by atoms with Gasteiger partial charge in [-0.1, -0.05) is 232 Å². The lowest BCUT2D eigenvalue weighted by Crippen LogP contribution is -2.30. The van der Waals surface area contributed by atoms with Gasteiger partial charge < -0.3 is 14.2 Å². The average Bonchev–Trinajstić information content (AvgIpc) is 3.39. The molecular formula is C67H110O6. The summed E-state index contributed by atoms with van der Waals surface area (Å²) in [6.07, 6.45) is 83.3. The first-order valence-electron chi connectivity index (χ1n) is 30.0. The third-order valence-corrected chi connectivity index (χ3v) is 12.4. The average molecular weight is 1010 g/mol. The smallest absolute Gasteiger partial charge is 0.306 e. The second kappa shape index (κ2) is 60.4. The quantitative estimate of drug-likeness (QED) is 0.0261. The molecule has 0 aromatic carbocycles. The summed E-state index contributed by atoms with van der Waals surface area (Å²) < 4.78 is 16.8. The molecule has 0 aliphatic rings. The number of carbonyl (C=O) groups is 3. The fourth-order valence-corrected chi connectivity index (χ4v) is 7.92. The van der Waals surface area contributed by atoms with Crippen molar-refractivity contribution in [3.05, 3.63) is 122 Å². The zero-order valence-corrected chi connectivity index (χ0v) is 47.4. The molecule has 414 valence electrons. The maximum Gasteiger partial charge on any atom is 0.306 e. The molecule has 73 heavy (non-hydrogen) atoms. The van der Waals surface area contributed by atoms with Crippen LogP contribution in [0.15, 0.2) is 122 Å². The number of ether oxygens (including phenoxy) is 3. The number of unbranched alkanes of at least 4 members (excludes halogenated alkanes) is 22. The summed E-state index contributed by atoms with van der Waals surface area (Å²) in [5.41, 5.74) is 0. The Morgan fingerprint density at radius 1 is 0.288 bits per heavy atom. The summed E-state index contributed by atoms with van der Waals surface area (Å²) in [7, 11) is 0. The molecule has 0 N–H and O–H groups in total. The summed E-state index contributed by atoms with van der Waals surface area (Å²) in [5, 5.41) is 0. The number of hydrogen-bond donors (Lipinski definition) is 0. The van der Waals surface area contributed by atoms with Gasteiger partial charge in [0.2, 0.25) is 0 Å². The number of esters is 3. The van der Waals surface area contributed by atoms with Crippen molar-refractivity contribution in [1.29, 1.82) is 0 Å². The molecular weight excluding hydrogens is 901 g/mol. The normalized spacial score (nSPS) is 13.0. The Bertz CT molecular complexity index is 1540.